The summed E-state index contributed by atoms with van der Waals surface area (Å²) in [6.45, 7) is -0.535. The molecule has 0 unspecified atom stereocenters. The molecule has 7 heteroatoms. The molecule has 0 aliphatic rings. The molecule has 0 aromatic heterocycles. The van der Waals surface area contributed by atoms with E-state index >= 15 is 0 Å². The van der Waals surface area contributed by atoms with Crippen LogP contribution in [0.4, 0.5) is 8.78 Å². The minimum Gasteiger partial charge on any atom is -0.482 e. The second-order valence-electron chi connectivity index (χ2n) is 3.96. The molecule has 0 radical (unpaired) electrons. The molecule has 0 aliphatic carbocycles. The first kappa shape index (κ1) is 14.9. The maximum atomic E-state index is 12.5. The molecule has 0 spiro atoms. The summed E-state index contributed by atoms with van der Waals surface area (Å²) in [6, 6.07) is 5.50. The van der Waals surface area contributed by atoms with Crippen LogP contribution < -0.4 is 10.1 Å². The third-order valence-electron chi connectivity index (χ3n) is 2.04. The smallest absolute Gasteiger partial charge is 0.341 e. The van der Waals surface area contributed by atoms with Crippen LogP contribution in [0.2, 0.25) is 0 Å². The van der Waals surface area contributed by atoms with Crippen molar-refractivity contribution < 1.29 is 28.2 Å². The van der Waals surface area contributed by atoms with Crippen LogP contribution in [0.5, 0.6) is 5.75 Å². The molecule has 0 fully saturated rings. The van der Waals surface area contributed by atoms with E-state index < -0.39 is 31.0 Å². The van der Waals surface area contributed by atoms with Gasteiger partial charge in [-0.3, -0.25) is 4.79 Å². The molecule has 1 aromatic carbocycles. The largest absolute Gasteiger partial charge is 0.482 e. The molecule has 19 heavy (non-hydrogen) atoms. The van der Waals surface area contributed by atoms with Crippen LogP contribution in [-0.2, 0) is 4.79 Å². The lowest BCUT2D eigenvalue weighted by molar-refractivity contribution is -0.139. The van der Waals surface area contributed by atoms with E-state index in [-0.39, 0.29) is 11.3 Å². The van der Waals surface area contributed by atoms with Crippen molar-refractivity contribution in [1.29, 1.82) is 0 Å². The Morgan fingerprint density at radius 1 is 1.32 bits per heavy atom. The van der Waals surface area contributed by atoms with Crippen molar-refractivity contribution in [2.45, 2.75) is 12.8 Å². The number of carbonyl (C=O) groups is 2. The fourth-order valence-electron chi connectivity index (χ4n) is 1.19. The number of amides is 1. The van der Waals surface area contributed by atoms with Gasteiger partial charge < -0.3 is 15.2 Å². The first-order valence-corrected chi connectivity index (χ1v) is 5.38. The Morgan fingerprint density at radius 3 is 2.37 bits per heavy atom. The number of benzene rings is 1. The summed E-state index contributed by atoms with van der Waals surface area (Å²) in [6.07, 6.45) is 0. The average Bonchev–Trinajstić information content (AvgIpc) is 2.33. The van der Waals surface area contributed by atoms with Gasteiger partial charge >= 0.3 is 5.97 Å². The van der Waals surface area contributed by atoms with E-state index in [0.29, 0.717) is 6.92 Å². The maximum Gasteiger partial charge on any atom is 0.341 e. The summed E-state index contributed by atoms with van der Waals surface area (Å²) in [4.78, 5) is 21.8. The van der Waals surface area contributed by atoms with Crippen molar-refractivity contribution in [3.05, 3.63) is 29.8 Å². The van der Waals surface area contributed by atoms with Crippen LogP contribution in [0.25, 0.3) is 0 Å². The Balaban J connectivity index is 2.55. The van der Waals surface area contributed by atoms with Gasteiger partial charge in [0.05, 0.1) is 6.54 Å². The minimum atomic E-state index is -2.97. The Hall–Kier alpha value is -2.18. The zero-order valence-electron chi connectivity index (χ0n) is 10.2. The normalized spacial score (nSPS) is 10.9. The van der Waals surface area contributed by atoms with Crippen molar-refractivity contribution in [3.63, 3.8) is 0 Å². The van der Waals surface area contributed by atoms with E-state index in [9.17, 15) is 18.4 Å². The van der Waals surface area contributed by atoms with Crippen molar-refractivity contribution >= 4 is 11.9 Å². The number of alkyl halides is 2. The number of aliphatic carboxylic acids is 1. The fourth-order valence-corrected chi connectivity index (χ4v) is 1.19. The van der Waals surface area contributed by atoms with Crippen LogP contribution in [0, 0.1) is 0 Å². The van der Waals surface area contributed by atoms with E-state index in [1.165, 1.54) is 24.3 Å². The van der Waals surface area contributed by atoms with Gasteiger partial charge in [0.15, 0.2) is 6.61 Å². The van der Waals surface area contributed by atoms with Gasteiger partial charge in [-0.2, -0.15) is 0 Å². The lowest BCUT2D eigenvalue weighted by atomic mass is 10.2. The predicted molar refractivity (Wildman–Crippen MR) is 62.5 cm³/mol. The van der Waals surface area contributed by atoms with Gasteiger partial charge in [-0.1, -0.05) is 0 Å². The maximum absolute atomic E-state index is 12.5. The molecule has 0 bridgehead atoms. The third kappa shape index (κ3) is 5.80. The number of carboxylic acids is 1. The van der Waals surface area contributed by atoms with E-state index in [2.05, 4.69) is 5.32 Å². The molecule has 0 saturated heterocycles. The van der Waals surface area contributed by atoms with Crippen LogP contribution >= 0.6 is 0 Å². The zero-order valence-corrected chi connectivity index (χ0v) is 10.2. The predicted octanol–water partition coefficient (Wildman–Crippen LogP) is 1.54. The van der Waals surface area contributed by atoms with Gasteiger partial charge in [0, 0.05) is 12.5 Å². The number of rotatable bonds is 6. The molecule has 5 nitrogen and oxygen atoms in total. The SMILES string of the molecule is CC(F)(F)CNC(=O)c1ccc(OCC(=O)O)cc1. The molecule has 104 valence electrons. The van der Waals surface area contributed by atoms with Gasteiger partial charge in [-0.25, -0.2) is 13.6 Å². The monoisotopic (exact) mass is 273 g/mol. The van der Waals surface area contributed by atoms with Gasteiger partial charge in [0.2, 0.25) is 0 Å². The quantitative estimate of drug-likeness (QED) is 0.824. The number of nitrogens with one attached hydrogen (secondary N) is 1. The van der Waals surface area contributed by atoms with E-state index in [1.54, 1.807) is 0 Å². The van der Waals surface area contributed by atoms with Crippen molar-refractivity contribution in [2.24, 2.45) is 0 Å². The number of ether oxygens (including phenoxy) is 1. The Bertz CT molecular complexity index is 454. The minimum absolute atomic E-state index is 0.187. The molecule has 2 N–H and O–H groups in total. The van der Waals surface area contributed by atoms with E-state index in [4.69, 9.17) is 9.84 Å². The molecular formula is C12H13F2NO4. The number of hydrogen-bond acceptors (Lipinski definition) is 3. The van der Waals surface area contributed by atoms with Crippen LogP contribution in [-0.4, -0.2) is 36.1 Å². The van der Waals surface area contributed by atoms with Crippen LogP contribution in [0.3, 0.4) is 0 Å². The van der Waals surface area contributed by atoms with Crippen molar-refractivity contribution in [2.75, 3.05) is 13.2 Å². The highest BCUT2D eigenvalue weighted by molar-refractivity contribution is 5.94. The molecule has 1 amide bonds. The highest BCUT2D eigenvalue weighted by Crippen LogP contribution is 2.13. The summed E-state index contributed by atoms with van der Waals surface area (Å²) >= 11 is 0. The second kappa shape index (κ2) is 6.12. The van der Waals surface area contributed by atoms with Crippen molar-refractivity contribution in [3.8, 4) is 5.75 Å². The first-order chi connectivity index (χ1) is 8.78. The van der Waals surface area contributed by atoms with E-state index in [0.717, 1.165) is 0 Å². The lowest BCUT2D eigenvalue weighted by Crippen LogP contribution is -2.34. The number of carbonyl (C=O) groups excluding carboxylic acids is 1. The average molecular weight is 273 g/mol. The van der Waals surface area contributed by atoms with Gasteiger partial charge in [0.25, 0.3) is 11.8 Å². The van der Waals surface area contributed by atoms with E-state index in [1.807, 2.05) is 0 Å². The van der Waals surface area contributed by atoms with Crippen molar-refractivity contribution in [1.82, 2.24) is 5.32 Å². The molecule has 1 aromatic rings. The molecule has 0 heterocycles. The summed E-state index contributed by atoms with van der Waals surface area (Å²) in [7, 11) is 0. The Kier molecular flexibility index (Phi) is 4.80. The number of halogens is 2. The highest BCUT2D eigenvalue weighted by atomic mass is 19.3. The number of hydrogen-bond donors (Lipinski definition) is 2. The van der Waals surface area contributed by atoms with Crippen LogP contribution in [0.1, 0.15) is 17.3 Å². The summed E-state index contributed by atoms with van der Waals surface area (Å²) < 4.78 is 30.0. The standard InChI is InChI=1S/C12H13F2NO4/c1-12(13,14)7-15-11(18)8-2-4-9(5-3-8)19-6-10(16)17/h2-5H,6-7H2,1H3,(H,15,18)(H,16,17). The molecule has 0 aliphatic heterocycles. The first-order valence-electron chi connectivity index (χ1n) is 5.38. The summed E-state index contributed by atoms with van der Waals surface area (Å²) in [5.41, 5.74) is 0.187. The fraction of sp³-hybridized carbons (Fsp3) is 0.333. The summed E-state index contributed by atoms with van der Waals surface area (Å²) in [5.74, 6) is -4.45. The molecular weight excluding hydrogens is 260 g/mol. The topological polar surface area (TPSA) is 75.6 Å². The molecule has 0 saturated carbocycles. The second-order valence-corrected chi connectivity index (χ2v) is 3.96. The van der Waals surface area contributed by atoms with Gasteiger partial charge in [-0.15, -0.1) is 0 Å². The summed E-state index contributed by atoms with van der Waals surface area (Å²) in [5, 5.41) is 10.5. The van der Waals surface area contributed by atoms with Gasteiger partial charge in [0.1, 0.15) is 5.75 Å². The highest BCUT2D eigenvalue weighted by Gasteiger charge is 2.22. The number of carboxylic acid groups (broad SMARTS) is 1. The molecule has 0 atom stereocenters. The van der Waals surface area contributed by atoms with Crippen LogP contribution in [0.15, 0.2) is 24.3 Å². The Labute approximate surface area is 108 Å². The Morgan fingerprint density at radius 2 is 1.89 bits per heavy atom. The third-order valence-corrected chi connectivity index (χ3v) is 2.04. The molecule has 1 rings (SSSR count). The lowest BCUT2D eigenvalue weighted by Gasteiger charge is -2.11. The van der Waals surface area contributed by atoms with Gasteiger partial charge in [-0.05, 0) is 24.3 Å². The zero-order chi connectivity index (χ0) is 14.5.